The van der Waals surface area contributed by atoms with Crippen molar-refractivity contribution < 1.29 is 9.53 Å². The first kappa shape index (κ1) is 11.9. The maximum absolute atomic E-state index is 12.6. The Morgan fingerprint density at radius 3 is 2.89 bits per heavy atom. The van der Waals surface area contributed by atoms with Crippen LogP contribution in [-0.2, 0) is 0 Å². The minimum atomic E-state index is -0.0452. The van der Waals surface area contributed by atoms with Gasteiger partial charge in [0.05, 0.1) is 12.6 Å². The van der Waals surface area contributed by atoms with E-state index in [1.807, 2.05) is 29.6 Å². The van der Waals surface area contributed by atoms with Gasteiger partial charge in [0.1, 0.15) is 10.6 Å². The number of aromatic nitrogens is 1. The minimum absolute atomic E-state index is 0.0452. The average molecular weight is 269 g/mol. The summed E-state index contributed by atoms with van der Waals surface area (Å²) in [6.07, 6.45) is 1.70. The minimum Gasteiger partial charge on any atom is -0.495 e. The molecule has 0 fully saturated rings. The molecular weight excluding hydrogens is 258 g/mol. The summed E-state index contributed by atoms with van der Waals surface area (Å²) in [6.45, 7) is 0. The predicted molar refractivity (Wildman–Crippen MR) is 76.0 cm³/mol. The monoisotopic (exact) mass is 269 g/mol. The molecule has 3 rings (SSSR count). The van der Waals surface area contributed by atoms with Crippen LogP contribution in [0.2, 0.25) is 0 Å². The van der Waals surface area contributed by atoms with Crippen LogP contribution in [0.5, 0.6) is 5.75 Å². The van der Waals surface area contributed by atoms with Crippen LogP contribution in [0, 0.1) is 0 Å². The van der Waals surface area contributed by atoms with Gasteiger partial charge < -0.3 is 4.74 Å². The summed E-state index contributed by atoms with van der Waals surface area (Å²) in [6, 6.07) is 11.2. The number of carbonyl (C=O) groups is 1. The number of benzene rings is 1. The van der Waals surface area contributed by atoms with E-state index in [4.69, 9.17) is 4.74 Å². The molecule has 0 unspecified atom stereocenters. The molecule has 4 heteroatoms. The maximum Gasteiger partial charge on any atom is 0.208 e. The summed E-state index contributed by atoms with van der Waals surface area (Å²) >= 11 is 1.38. The molecule has 0 aliphatic rings. The van der Waals surface area contributed by atoms with Gasteiger partial charge in [-0.15, -0.1) is 11.3 Å². The maximum atomic E-state index is 12.6. The van der Waals surface area contributed by atoms with Gasteiger partial charge >= 0.3 is 0 Å². The summed E-state index contributed by atoms with van der Waals surface area (Å²) in [5, 5.41) is 2.81. The molecular formula is C15H11NO2S. The highest BCUT2D eigenvalue weighted by Crippen LogP contribution is 2.29. The van der Waals surface area contributed by atoms with Gasteiger partial charge in [-0.1, -0.05) is 18.2 Å². The predicted octanol–water partition coefficient (Wildman–Crippen LogP) is 3.54. The molecule has 0 saturated carbocycles. The zero-order chi connectivity index (χ0) is 13.2. The van der Waals surface area contributed by atoms with Crippen LogP contribution >= 0.6 is 11.3 Å². The number of methoxy groups -OCH3 is 1. The van der Waals surface area contributed by atoms with Crippen molar-refractivity contribution in [2.75, 3.05) is 7.11 Å². The third-order valence-electron chi connectivity index (χ3n) is 2.93. The Morgan fingerprint density at radius 1 is 1.21 bits per heavy atom. The lowest BCUT2D eigenvalue weighted by molar-refractivity contribution is 0.104. The fourth-order valence-electron chi connectivity index (χ4n) is 2.03. The highest BCUT2D eigenvalue weighted by molar-refractivity contribution is 7.12. The van der Waals surface area contributed by atoms with Crippen LogP contribution in [0.25, 0.3) is 10.9 Å². The van der Waals surface area contributed by atoms with Gasteiger partial charge in [0.15, 0.2) is 0 Å². The zero-order valence-corrected chi connectivity index (χ0v) is 11.1. The van der Waals surface area contributed by atoms with E-state index in [1.165, 1.54) is 11.3 Å². The van der Waals surface area contributed by atoms with Crippen molar-refractivity contribution >= 4 is 28.0 Å². The largest absolute Gasteiger partial charge is 0.495 e. The zero-order valence-electron chi connectivity index (χ0n) is 10.3. The number of ketones is 1. The number of nitrogens with zero attached hydrogens (tertiary/aromatic N) is 1. The van der Waals surface area contributed by atoms with Crippen LogP contribution in [-0.4, -0.2) is 17.9 Å². The van der Waals surface area contributed by atoms with E-state index in [-0.39, 0.29) is 5.78 Å². The van der Waals surface area contributed by atoms with E-state index in [2.05, 4.69) is 4.98 Å². The van der Waals surface area contributed by atoms with Crippen molar-refractivity contribution in [3.63, 3.8) is 0 Å². The van der Waals surface area contributed by atoms with Gasteiger partial charge in [-0.3, -0.25) is 9.78 Å². The Labute approximate surface area is 114 Å². The molecule has 3 nitrogen and oxygen atoms in total. The van der Waals surface area contributed by atoms with Crippen molar-refractivity contribution in [2.45, 2.75) is 0 Å². The molecule has 0 amide bonds. The van der Waals surface area contributed by atoms with E-state index in [0.29, 0.717) is 16.2 Å². The molecule has 19 heavy (non-hydrogen) atoms. The molecule has 0 atom stereocenters. The highest BCUT2D eigenvalue weighted by Gasteiger charge is 2.18. The first-order chi connectivity index (χ1) is 9.31. The standard InChI is InChI=1S/C15H11NO2S/c1-18-12-7-9-19-15(12)14(17)11-6-2-4-10-5-3-8-16-13(10)11/h2-9H,1H3. The van der Waals surface area contributed by atoms with Crippen LogP contribution in [0.4, 0.5) is 0 Å². The average Bonchev–Trinajstić information content (AvgIpc) is 2.94. The van der Waals surface area contributed by atoms with Crippen molar-refractivity contribution in [3.8, 4) is 5.75 Å². The molecule has 0 N–H and O–H groups in total. The van der Waals surface area contributed by atoms with Crippen LogP contribution in [0.3, 0.4) is 0 Å². The van der Waals surface area contributed by atoms with Gasteiger partial charge in [-0.25, -0.2) is 0 Å². The number of rotatable bonds is 3. The van der Waals surface area contributed by atoms with Crippen LogP contribution in [0.15, 0.2) is 48.0 Å². The second-order valence-corrected chi connectivity index (χ2v) is 4.94. The van der Waals surface area contributed by atoms with Crippen molar-refractivity contribution in [3.05, 3.63) is 58.4 Å². The molecule has 0 aliphatic heterocycles. The molecule has 3 aromatic rings. The summed E-state index contributed by atoms with van der Waals surface area (Å²) in [5.41, 5.74) is 1.34. The normalized spacial score (nSPS) is 10.6. The van der Waals surface area contributed by atoms with Crippen LogP contribution < -0.4 is 4.74 Å². The topological polar surface area (TPSA) is 39.2 Å². The quantitative estimate of drug-likeness (QED) is 0.683. The molecule has 2 aromatic heterocycles. The fourth-order valence-corrected chi connectivity index (χ4v) is 2.85. The number of hydrogen-bond acceptors (Lipinski definition) is 4. The summed E-state index contributed by atoms with van der Waals surface area (Å²) in [5.74, 6) is 0.569. The summed E-state index contributed by atoms with van der Waals surface area (Å²) < 4.78 is 5.21. The molecule has 0 radical (unpaired) electrons. The first-order valence-corrected chi connectivity index (χ1v) is 6.69. The third-order valence-corrected chi connectivity index (χ3v) is 3.83. The van der Waals surface area contributed by atoms with Gasteiger partial charge in [-0.05, 0) is 23.6 Å². The van der Waals surface area contributed by atoms with Gasteiger partial charge in [0, 0.05) is 17.1 Å². The van der Waals surface area contributed by atoms with E-state index >= 15 is 0 Å². The lowest BCUT2D eigenvalue weighted by Crippen LogP contribution is -2.02. The lowest BCUT2D eigenvalue weighted by atomic mass is 10.0. The second-order valence-electron chi connectivity index (χ2n) is 4.03. The molecule has 2 heterocycles. The van der Waals surface area contributed by atoms with Crippen molar-refractivity contribution in [2.24, 2.45) is 0 Å². The number of thiophene rings is 1. The summed E-state index contributed by atoms with van der Waals surface area (Å²) in [7, 11) is 1.57. The third kappa shape index (κ3) is 2.00. The Balaban J connectivity index is 2.17. The van der Waals surface area contributed by atoms with E-state index < -0.39 is 0 Å². The first-order valence-electron chi connectivity index (χ1n) is 5.81. The highest BCUT2D eigenvalue weighted by atomic mass is 32.1. The van der Waals surface area contributed by atoms with Gasteiger partial charge in [0.25, 0.3) is 0 Å². The Bertz CT molecular complexity index is 743. The SMILES string of the molecule is COc1ccsc1C(=O)c1cccc2cccnc12. The molecule has 0 bridgehead atoms. The van der Waals surface area contributed by atoms with Crippen molar-refractivity contribution in [1.82, 2.24) is 4.98 Å². The fraction of sp³-hybridized carbons (Fsp3) is 0.0667. The Hall–Kier alpha value is -2.20. The number of ether oxygens (including phenoxy) is 1. The van der Waals surface area contributed by atoms with E-state index in [0.717, 1.165) is 10.9 Å². The van der Waals surface area contributed by atoms with Crippen LogP contribution in [0.1, 0.15) is 15.2 Å². The molecule has 0 aliphatic carbocycles. The van der Waals surface area contributed by atoms with Crippen molar-refractivity contribution in [1.29, 1.82) is 0 Å². The number of para-hydroxylation sites is 1. The molecule has 1 aromatic carbocycles. The summed E-state index contributed by atoms with van der Waals surface area (Å²) in [4.78, 5) is 17.5. The second kappa shape index (κ2) is 4.82. The number of fused-ring (bicyclic) bond motifs is 1. The number of carbonyl (C=O) groups excluding carboxylic acids is 1. The Kier molecular flexibility index (Phi) is 3.01. The number of hydrogen-bond donors (Lipinski definition) is 0. The Morgan fingerprint density at radius 2 is 2.05 bits per heavy atom. The molecule has 0 spiro atoms. The van der Waals surface area contributed by atoms with E-state index in [9.17, 15) is 4.79 Å². The van der Waals surface area contributed by atoms with E-state index in [1.54, 1.807) is 25.4 Å². The lowest BCUT2D eigenvalue weighted by Gasteiger charge is -2.05. The number of pyridine rings is 1. The van der Waals surface area contributed by atoms with Gasteiger partial charge in [-0.2, -0.15) is 0 Å². The molecule has 0 saturated heterocycles. The molecule has 94 valence electrons. The smallest absolute Gasteiger partial charge is 0.208 e. The van der Waals surface area contributed by atoms with Gasteiger partial charge in [0.2, 0.25) is 5.78 Å².